The molecule has 3 heterocycles. The summed E-state index contributed by atoms with van der Waals surface area (Å²) < 4.78 is 17.3. The van der Waals surface area contributed by atoms with Gasteiger partial charge in [-0.25, -0.2) is 0 Å². The van der Waals surface area contributed by atoms with E-state index >= 15 is 0 Å². The topological polar surface area (TPSA) is 88.5 Å². The normalized spacial score (nSPS) is 22.7. The van der Waals surface area contributed by atoms with E-state index in [2.05, 4.69) is 11.8 Å². The van der Waals surface area contributed by atoms with Crippen molar-refractivity contribution in [3.05, 3.63) is 64.7 Å². The average molecular weight is 535 g/mol. The van der Waals surface area contributed by atoms with Gasteiger partial charge in [0.05, 0.1) is 31.4 Å². The SMILES string of the molecule is CCCCCOc1cccc([C@@H]2C(=C(O)c3ccc4c(c3)C[C@@H](C)O4)C(=O)C(=O)N2CCN2CCOCC2)c1. The monoisotopic (exact) mass is 534 g/mol. The number of carbonyl (C=O) groups excluding carboxylic acids is 2. The van der Waals surface area contributed by atoms with Crippen LogP contribution in [0.2, 0.25) is 0 Å². The summed E-state index contributed by atoms with van der Waals surface area (Å²) in [7, 11) is 0. The maximum Gasteiger partial charge on any atom is 0.295 e. The van der Waals surface area contributed by atoms with Crippen LogP contribution in [0.15, 0.2) is 48.0 Å². The summed E-state index contributed by atoms with van der Waals surface area (Å²) in [4.78, 5) is 30.7. The second-order valence-electron chi connectivity index (χ2n) is 10.5. The minimum atomic E-state index is -0.714. The van der Waals surface area contributed by atoms with Crippen LogP contribution in [-0.4, -0.2) is 78.7 Å². The number of likely N-dealkylation sites (tertiary alicyclic amines) is 1. The van der Waals surface area contributed by atoms with Gasteiger partial charge in [-0.05, 0) is 54.8 Å². The lowest BCUT2D eigenvalue weighted by Crippen LogP contribution is -2.42. The zero-order chi connectivity index (χ0) is 27.4. The number of morpholine rings is 1. The van der Waals surface area contributed by atoms with Gasteiger partial charge in [-0.15, -0.1) is 0 Å². The first-order valence-corrected chi connectivity index (χ1v) is 14.1. The van der Waals surface area contributed by atoms with Crippen LogP contribution in [0.5, 0.6) is 11.5 Å². The van der Waals surface area contributed by atoms with Gasteiger partial charge in [0.15, 0.2) is 0 Å². The van der Waals surface area contributed by atoms with E-state index in [4.69, 9.17) is 14.2 Å². The summed E-state index contributed by atoms with van der Waals surface area (Å²) in [6.45, 7) is 8.60. The number of amides is 1. The number of hydrogen-bond donors (Lipinski definition) is 1. The van der Waals surface area contributed by atoms with Gasteiger partial charge in [0, 0.05) is 38.2 Å². The molecule has 2 fully saturated rings. The Labute approximate surface area is 230 Å². The Morgan fingerprint density at radius 1 is 1.08 bits per heavy atom. The van der Waals surface area contributed by atoms with E-state index in [9.17, 15) is 14.7 Å². The lowest BCUT2D eigenvalue weighted by molar-refractivity contribution is -0.140. The first kappa shape index (κ1) is 27.2. The molecule has 1 amide bonds. The molecule has 5 rings (SSSR count). The molecule has 0 radical (unpaired) electrons. The molecule has 8 nitrogen and oxygen atoms in total. The molecule has 0 spiro atoms. The molecule has 3 aliphatic rings. The number of aliphatic hydroxyl groups excluding tert-OH is 1. The molecule has 2 aromatic carbocycles. The lowest BCUT2D eigenvalue weighted by atomic mass is 9.94. The minimum absolute atomic E-state index is 0.0585. The van der Waals surface area contributed by atoms with E-state index in [-0.39, 0.29) is 17.4 Å². The Kier molecular flexibility index (Phi) is 8.53. The van der Waals surface area contributed by atoms with Crippen LogP contribution in [0.3, 0.4) is 0 Å². The maximum absolute atomic E-state index is 13.5. The Morgan fingerprint density at radius 3 is 2.69 bits per heavy atom. The number of hydrogen-bond acceptors (Lipinski definition) is 7. The van der Waals surface area contributed by atoms with Crippen molar-refractivity contribution in [1.82, 2.24) is 9.80 Å². The predicted octanol–water partition coefficient (Wildman–Crippen LogP) is 4.33. The van der Waals surface area contributed by atoms with E-state index in [1.165, 1.54) is 0 Å². The third-order valence-electron chi connectivity index (χ3n) is 7.66. The van der Waals surface area contributed by atoms with Gasteiger partial charge in [0.2, 0.25) is 0 Å². The summed E-state index contributed by atoms with van der Waals surface area (Å²) >= 11 is 0. The van der Waals surface area contributed by atoms with Gasteiger partial charge in [-0.3, -0.25) is 14.5 Å². The number of ketones is 1. The van der Waals surface area contributed by atoms with Crippen molar-refractivity contribution < 1.29 is 28.9 Å². The number of fused-ring (bicyclic) bond motifs is 1. The molecule has 0 aliphatic carbocycles. The highest BCUT2D eigenvalue weighted by molar-refractivity contribution is 6.46. The third-order valence-corrected chi connectivity index (χ3v) is 7.66. The molecule has 0 bridgehead atoms. The van der Waals surface area contributed by atoms with E-state index in [1.807, 2.05) is 43.3 Å². The van der Waals surface area contributed by atoms with Crippen LogP contribution in [0.25, 0.3) is 5.76 Å². The Balaban J connectivity index is 1.49. The standard InChI is InChI=1S/C31H38N2O6/c1-3-4-5-15-38-25-8-6-7-22(20-25)28-27(29(34)23-9-10-26-24(19-23)18-21(2)39-26)30(35)31(36)33(28)12-11-32-13-16-37-17-14-32/h6-10,19-21,28,34H,3-5,11-18H2,1-2H3/t21-,28-/m1/s1. The summed E-state index contributed by atoms with van der Waals surface area (Å²) in [5.41, 5.74) is 2.34. The van der Waals surface area contributed by atoms with E-state index in [0.29, 0.717) is 44.2 Å². The highest BCUT2D eigenvalue weighted by Gasteiger charge is 2.46. The van der Waals surface area contributed by atoms with E-state index in [0.717, 1.165) is 55.6 Å². The van der Waals surface area contributed by atoms with E-state index in [1.54, 1.807) is 11.0 Å². The number of carbonyl (C=O) groups is 2. The fourth-order valence-electron chi connectivity index (χ4n) is 5.57. The largest absolute Gasteiger partial charge is 0.507 e. The Hall–Kier alpha value is -3.36. The van der Waals surface area contributed by atoms with Gasteiger partial charge >= 0.3 is 0 Å². The van der Waals surface area contributed by atoms with E-state index < -0.39 is 17.7 Å². The smallest absolute Gasteiger partial charge is 0.295 e. The van der Waals surface area contributed by atoms with Gasteiger partial charge in [0.25, 0.3) is 11.7 Å². The molecule has 2 saturated heterocycles. The number of ether oxygens (including phenoxy) is 3. The molecule has 8 heteroatoms. The molecule has 208 valence electrons. The van der Waals surface area contributed by atoms with Crippen molar-refractivity contribution in [2.24, 2.45) is 0 Å². The number of rotatable bonds is 10. The molecule has 39 heavy (non-hydrogen) atoms. The number of aliphatic hydroxyl groups is 1. The lowest BCUT2D eigenvalue weighted by Gasteiger charge is -2.31. The van der Waals surface area contributed by atoms with Gasteiger partial charge in [-0.2, -0.15) is 0 Å². The fourth-order valence-corrected chi connectivity index (χ4v) is 5.57. The number of nitrogens with zero attached hydrogens (tertiary/aromatic N) is 2. The zero-order valence-corrected chi connectivity index (χ0v) is 22.9. The van der Waals surface area contributed by atoms with Crippen LogP contribution < -0.4 is 9.47 Å². The van der Waals surface area contributed by atoms with Crippen LogP contribution >= 0.6 is 0 Å². The van der Waals surface area contributed by atoms with Crippen molar-refractivity contribution in [2.75, 3.05) is 46.0 Å². The molecule has 1 N–H and O–H groups in total. The molecule has 0 aromatic heterocycles. The summed E-state index contributed by atoms with van der Waals surface area (Å²) in [5.74, 6) is 0.0467. The second kappa shape index (κ2) is 12.2. The van der Waals surface area contributed by atoms with Crippen LogP contribution in [0.4, 0.5) is 0 Å². The molecule has 3 aliphatic heterocycles. The molecule has 2 atom stereocenters. The highest BCUT2D eigenvalue weighted by Crippen LogP contribution is 2.41. The van der Waals surface area contributed by atoms with Crippen molar-refractivity contribution >= 4 is 17.4 Å². The van der Waals surface area contributed by atoms with Gasteiger partial charge in [-0.1, -0.05) is 31.9 Å². The maximum atomic E-state index is 13.5. The second-order valence-corrected chi connectivity index (χ2v) is 10.5. The molecular formula is C31H38N2O6. The van der Waals surface area contributed by atoms with Crippen LogP contribution in [-0.2, 0) is 20.7 Å². The summed E-state index contributed by atoms with van der Waals surface area (Å²) in [6.07, 6.45) is 3.94. The Bertz CT molecular complexity index is 1240. The minimum Gasteiger partial charge on any atom is -0.507 e. The van der Waals surface area contributed by atoms with Crippen molar-refractivity contribution in [2.45, 2.75) is 51.7 Å². The molecule has 0 unspecified atom stereocenters. The first-order chi connectivity index (χ1) is 19.0. The molecule has 2 aromatic rings. The average Bonchev–Trinajstić information content (AvgIpc) is 3.45. The zero-order valence-electron chi connectivity index (χ0n) is 22.9. The van der Waals surface area contributed by atoms with Crippen molar-refractivity contribution in [3.8, 4) is 11.5 Å². The summed E-state index contributed by atoms with van der Waals surface area (Å²) in [6, 6.07) is 12.3. The van der Waals surface area contributed by atoms with Crippen molar-refractivity contribution in [3.63, 3.8) is 0 Å². The fraction of sp³-hybridized carbons (Fsp3) is 0.484. The van der Waals surface area contributed by atoms with Crippen molar-refractivity contribution in [1.29, 1.82) is 0 Å². The predicted molar refractivity (Wildman–Crippen MR) is 148 cm³/mol. The molecular weight excluding hydrogens is 496 g/mol. The first-order valence-electron chi connectivity index (χ1n) is 14.1. The van der Waals surface area contributed by atoms with Crippen LogP contribution in [0.1, 0.15) is 55.8 Å². The van der Waals surface area contributed by atoms with Gasteiger partial charge < -0.3 is 24.2 Å². The number of benzene rings is 2. The molecule has 0 saturated carbocycles. The van der Waals surface area contributed by atoms with Gasteiger partial charge in [0.1, 0.15) is 23.4 Å². The number of Topliss-reactive ketones (excluding diaryl/α,β-unsaturated/α-hetero) is 1. The third kappa shape index (κ3) is 5.97. The highest BCUT2D eigenvalue weighted by atomic mass is 16.5. The number of unbranched alkanes of at least 4 members (excludes halogenated alkanes) is 2. The quantitative estimate of drug-likeness (QED) is 0.210. The summed E-state index contributed by atoms with van der Waals surface area (Å²) in [5, 5.41) is 11.5. The Morgan fingerprint density at radius 2 is 1.90 bits per heavy atom. The van der Waals surface area contributed by atoms with Crippen LogP contribution in [0, 0.1) is 0 Å².